The van der Waals surface area contributed by atoms with Crippen LogP contribution in [0.4, 0.5) is 5.69 Å². The van der Waals surface area contributed by atoms with E-state index < -0.39 is 6.10 Å². The van der Waals surface area contributed by atoms with Gasteiger partial charge in [0.2, 0.25) is 0 Å². The van der Waals surface area contributed by atoms with E-state index in [1.807, 2.05) is 30.3 Å². The normalized spacial score (nSPS) is 11.6. The highest BCUT2D eigenvalue weighted by atomic mass is 16.5. The molecule has 0 radical (unpaired) electrons. The van der Waals surface area contributed by atoms with Crippen LogP contribution in [0.15, 0.2) is 54.9 Å². The van der Waals surface area contributed by atoms with Gasteiger partial charge in [0.15, 0.2) is 6.10 Å². The highest BCUT2D eigenvalue weighted by Gasteiger charge is 2.14. The van der Waals surface area contributed by atoms with Crippen LogP contribution in [0, 0.1) is 0 Å². The van der Waals surface area contributed by atoms with Gasteiger partial charge in [0.1, 0.15) is 5.75 Å². The number of nitrogens with one attached hydrogen (secondary N) is 1. The summed E-state index contributed by atoms with van der Waals surface area (Å²) in [6.07, 6.45) is 2.68. The maximum absolute atomic E-state index is 11.9. The van der Waals surface area contributed by atoms with Gasteiger partial charge < -0.3 is 10.1 Å². The van der Waals surface area contributed by atoms with Gasteiger partial charge in [-0.3, -0.25) is 9.78 Å². The van der Waals surface area contributed by atoms with Crippen LogP contribution in [-0.2, 0) is 4.79 Å². The van der Waals surface area contributed by atoms with E-state index in [1.54, 1.807) is 31.5 Å². The topological polar surface area (TPSA) is 51.2 Å². The Balaban J connectivity index is 1.93. The summed E-state index contributed by atoms with van der Waals surface area (Å²) < 4.78 is 5.52. The maximum Gasteiger partial charge on any atom is 0.265 e. The standard InChI is InChI=1S/C14H14N2O2/c1-11(18-13-7-3-2-4-8-13)14(17)16-12-6-5-9-15-10-12/h2-11H,1H3,(H,16,17)/t11-/m1/s1. The molecule has 0 bridgehead atoms. The Labute approximate surface area is 106 Å². The Bertz CT molecular complexity index is 500. The van der Waals surface area contributed by atoms with Gasteiger partial charge in [-0.2, -0.15) is 0 Å². The Morgan fingerprint density at radius 3 is 2.67 bits per heavy atom. The number of nitrogens with zero attached hydrogens (tertiary/aromatic N) is 1. The van der Waals surface area contributed by atoms with E-state index in [9.17, 15) is 4.79 Å². The molecule has 4 heteroatoms. The second-order valence-corrected chi connectivity index (χ2v) is 3.80. The molecule has 2 aromatic rings. The van der Waals surface area contributed by atoms with Gasteiger partial charge in [0.05, 0.1) is 11.9 Å². The minimum Gasteiger partial charge on any atom is -0.481 e. The lowest BCUT2D eigenvalue weighted by Gasteiger charge is -2.14. The summed E-state index contributed by atoms with van der Waals surface area (Å²) in [5.41, 5.74) is 0.658. The molecule has 1 aromatic carbocycles. The first-order chi connectivity index (χ1) is 8.75. The number of aromatic nitrogens is 1. The molecule has 0 unspecified atom stereocenters. The van der Waals surface area contributed by atoms with Crippen molar-refractivity contribution < 1.29 is 9.53 Å². The number of rotatable bonds is 4. The Kier molecular flexibility index (Phi) is 3.91. The number of pyridine rings is 1. The molecule has 1 atom stereocenters. The number of carbonyl (C=O) groups is 1. The molecule has 18 heavy (non-hydrogen) atoms. The van der Waals surface area contributed by atoms with Crippen molar-refractivity contribution in [1.29, 1.82) is 0 Å². The second-order valence-electron chi connectivity index (χ2n) is 3.80. The molecular formula is C14H14N2O2. The van der Waals surface area contributed by atoms with Crippen molar-refractivity contribution in [3.05, 3.63) is 54.9 Å². The summed E-state index contributed by atoms with van der Waals surface area (Å²) in [7, 11) is 0. The van der Waals surface area contributed by atoms with Crippen molar-refractivity contribution in [3.8, 4) is 5.75 Å². The Hall–Kier alpha value is -2.36. The van der Waals surface area contributed by atoms with Crippen molar-refractivity contribution in [3.63, 3.8) is 0 Å². The molecule has 0 spiro atoms. The predicted octanol–water partition coefficient (Wildman–Crippen LogP) is 2.49. The number of benzene rings is 1. The van der Waals surface area contributed by atoms with E-state index in [1.165, 1.54) is 0 Å². The Morgan fingerprint density at radius 2 is 2.00 bits per heavy atom. The SMILES string of the molecule is C[C@@H](Oc1ccccc1)C(=O)Nc1cccnc1. The lowest BCUT2D eigenvalue weighted by Crippen LogP contribution is -2.30. The summed E-state index contributed by atoms with van der Waals surface area (Å²) in [5, 5.41) is 2.74. The zero-order chi connectivity index (χ0) is 12.8. The maximum atomic E-state index is 11.9. The van der Waals surface area contributed by atoms with E-state index in [0.29, 0.717) is 11.4 Å². The minimum absolute atomic E-state index is 0.202. The number of ether oxygens (including phenoxy) is 1. The molecule has 0 aliphatic heterocycles. The van der Waals surface area contributed by atoms with Crippen molar-refractivity contribution >= 4 is 11.6 Å². The van der Waals surface area contributed by atoms with Crippen molar-refractivity contribution in [2.24, 2.45) is 0 Å². The fourth-order valence-electron chi connectivity index (χ4n) is 1.44. The van der Waals surface area contributed by atoms with E-state index in [-0.39, 0.29) is 5.91 Å². The van der Waals surface area contributed by atoms with Crippen LogP contribution in [0.25, 0.3) is 0 Å². The van der Waals surface area contributed by atoms with Crippen LogP contribution in [0.5, 0.6) is 5.75 Å². The lowest BCUT2D eigenvalue weighted by atomic mass is 10.3. The highest BCUT2D eigenvalue weighted by molar-refractivity contribution is 5.93. The average molecular weight is 242 g/mol. The third-order valence-corrected chi connectivity index (χ3v) is 2.35. The smallest absolute Gasteiger partial charge is 0.265 e. The number of hydrogen-bond acceptors (Lipinski definition) is 3. The fraction of sp³-hybridized carbons (Fsp3) is 0.143. The van der Waals surface area contributed by atoms with Gasteiger partial charge in [-0.15, -0.1) is 0 Å². The summed E-state index contributed by atoms with van der Waals surface area (Å²) in [4.78, 5) is 15.8. The molecule has 1 aromatic heterocycles. The van der Waals surface area contributed by atoms with Crippen molar-refractivity contribution in [2.75, 3.05) is 5.32 Å². The van der Waals surface area contributed by atoms with Crippen molar-refractivity contribution in [2.45, 2.75) is 13.0 Å². The van der Waals surface area contributed by atoms with Crippen LogP contribution in [0.2, 0.25) is 0 Å². The average Bonchev–Trinajstić information content (AvgIpc) is 2.41. The molecular weight excluding hydrogens is 228 g/mol. The van der Waals surface area contributed by atoms with Gasteiger partial charge >= 0.3 is 0 Å². The summed E-state index contributed by atoms with van der Waals surface area (Å²) in [6.45, 7) is 1.71. The van der Waals surface area contributed by atoms with Crippen LogP contribution >= 0.6 is 0 Å². The van der Waals surface area contributed by atoms with E-state index in [2.05, 4.69) is 10.3 Å². The third-order valence-electron chi connectivity index (χ3n) is 2.35. The van der Waals surface area contributed by atoms with Crippen LogP contribution in [-0.4, -0.2) is 17.0 Å². The summed E-state index contributed by atoms with van der Waals surface area (Å²) >= 11 is 0. The second kappa shape index (κ2) is 5.82. The van der Waals surface area contributed by atoms with Gasteiger partial charge in [-0.25, -0.2) is 0 Å². The molecule has 1 N–H and O–H groups in total. The molecule has 0 aliphatic carbocycles. The van der Waals surface area contributed by atoms with Gasteiger partial charge in [0, 0.05) is 6.20 Å². The number of anilines is 1. The zero-order valence-electron chi connectivity index (χ0n) is 10.0. The van der Waals surface area contributed by atoms with Gasteiger partial charge in [-0.05, 0) is 31.2 Å². The van der Waals surface area contributed by atoms with E-state index in [0.717, 1.165) is 0 Å². The van der Waals surface area contributed by atoms with Gasteiger partial charge in [-0.1, -0.05) is 18.2 Å². The van der Waals surface area contributed by atoms with Gasteiger partial charge in [0.25, 0.3) is 5.91 Å². The summed E-state index contributed by atoms with van der Waals surface area (Å²) in [5.74, 6) is 0.471. The molecule has 1 heterocycles. The summed E-state index contributed by atoms with van der Waals surface area (Å²) in [6, 6.07) is 12.8. The number of carbonyl (C=O) groups excluding carboxylic acids is 1. The minimum atomic E-state index is -0.562. The zero-order valence-corrected chi connectivity index (χ0v) is 10.0. The van der Waals surface area contributed by atoms with E-state index >= 15 is 0 Å². The number of para-hydroxylation sites is 1. The largest absolute Gasteiger partial charge is 0.481 e. The lowest BCUT2D eigenvalue weighted by molar-refractivity contribution is -0.122. The monoisotopic (exact) mass is 242 g/mol. The number of hydrogen-bond donors (Lipinski definition) is 1. The molecule has 0 saturated heterocycles. The van der Waals surface area contributed by atoms with Crippen LogP contribution in [0.1, 0.15) is 6.92 Å². The van der Waals surface area contributed by atoms with Crippen molar-refractivity contribution in [1.82, 2.24) is 4.98 Å². The van der Waals surface area contributed by atoms with Crippen LogP contribution in [0.3, 0.4) is 0 Å². The quantitative estimate of drug-likeness (QED) is 0.896. The molecule has 0 aliphatic rings. The molecule has 2 rings (SSSR count). The number of amides is 1. The molecule has 1 amide bonds. The Morgan fingerprint density at radius 1 is 1.22 bits per heavy atom. The molecule has 92 valence electrons. The highest BCUT2D eigenvalue weighted by Crippen LogP contribution is 2.12. The molecule has 4 nitrogen and oxygen atoms in total. The first-order valence-electron chi connectivity index (χ1n) is 5.68. The predicted molar refractivity (Wildman–Crippen MR) is 69.4 cm³/mol. The first-order valence-corrected chi connectivity index (χ1v) is 5.68. The third kappa shape index (κ3) is 3.31. The first kappa shape index (κ1) is 12.1. The van der Waals surface area contributed by atoms with Crippen LogP contribution < -0.4 is 10.1 Å². The fourth-order valence-corrected chi connectivity index (χ4v) is 1.44. The van der Waals surface area contributed by atoms with E-state index in [4.69, 9.17) is 4.74 Å². The molecule has 0 fully saturated rings. The molecule has 0 saturated carbocycles.